The van der Waals surface area contributed by atoms with E-state index in [1.807, 2.05) is 25.1 Å². The molecule has 0 saturated carbocycles. The molecule has 18 heavy (non-hydrogen) atoms. The molecule has 3 heteroatoms. The molecule has 0 fully saturated rings. The van der Waals surface area contributed by atoms with Gasteiger partial charge in [0.15, 0.2) is 0 Å². The van der Waals surface area contributed by atoms with Crippen molar-refractivity contribution in [3.05, 3.63) is 45.4 Å². The van der Waals surface area contributed by atoms with Crippen LogP contribution in [0, 0.1) is 6.92 Å². The molecule has 0 bridgehead atoms. The van der Waals surface area contributed by atoms with Crippen molar-refractivity contribution in [3.8, 4) is 0 Å². The maximum absolute atomic E-state index is 11.9. The Kier molecular flexibility index (Phi) is 4.59. The van der Waals surface area contributed by atoms with Crippen LogP contribution in [-0.2, 0) is 0 Å². The van der Waals surface area contributed by atoms with E-state index in [0.717, 1.165) is 28.6 Å². The van der Waals surface area contributed by atoms with Gasteiger partial charge < -0.3 is 5.32 Å². The number of amides is 1. The zero-order valence-electron chi connectivity index (χ0n) is 10.6. The van der Waals surface area contributed by atoms with Crippen molar-refractivity contribution in [2.24, 2.45) is 0 Å². The molecule has 0 aromatic heterocycles. The second-order valence-corrected chi connectivity index (χ2v) is 5.58. The van der Waals surface area contributed by atoms with Crippen molar-refractivity contribution in [1.82, 2.24) is 5.32 Å². The van der Waals surface area contributed by atoms with Gasteiger partial charge in [0.05, 0.1) is 0 Å². The Labute approximate surface area is 117 Å². The van der Waals surface area contributed by atoms with Gasteiger partial charge >= 0.3 is 0 Å². The van der Waals surface area contributed by atoms with Gasteiger partial charge in [0.2, 0.25) is 0 Å². The SMILES string of the molecule is Cc1cc(C(=O)NCCC2=CCCC2)ccc1Br. The molecule has 0 heterocycles. The maximum atomic E-state index is 11.9. The molecule has 2 nitrogen and oxygen atoms in total. The third kappa shape index (κ3) is 3.45. The normalized spacial score (nSPS) is 14.4. The van der Waals surface area contributed by atoms with Gasteiger partial charge in [0, 0.05) is 16.6 Å². The first kappa shape index (κ1) is 13.3. The molecule has 1 amide bonds. The first-order valence-electron chi connectivity index (χ1n) is 6.39. The Hall–Kier alpha value is -1.09. The lowest BCUT2D eigenvalue weighted by Crippen LogP contribution is -2.24. The van der Waals surface area contributed by atoms with Crippen molar-refractivity contribution in [2.75, 3.05) is 6.54 Å². The Bertz CT molecular complexity index is 479. The predicted molar refractivity (Wildman–Crippen MR) is 77.8 cm³/mol. The number of rotatable bonds is 4. The molecule has 2 rings (SSSR count). The minimum absolute atomic E-state index is 0.0178. The highest BCUT2D eigenvalue weighted by molar-refractivity contribution is 9.10. The number of aryl methyl sites for hydroxylation is 1. The van der Waals surface area contributed by atoms with E-state index >= 15 is 0 Å². The second-order valence-electron chi connectivity index (χ2n) is 4.72. The molecule has 0 radical (unpaired) electrons. The fourth-order valence-corrected chi connectivity index (χ4v) is 2.44. The summed E-state index contributed by atoms with van der Waals surface area (Å²) < 4.78 is 1.04. The Morgan fingerprint density at radius 3 is 2.94 bits per heavy atom. The molecule has 0 unspecified atom stereocenters. The minimum Gasteiger partial charge on any atom is -0.352 e. The van der Waals surface area contributed by atoms with Crippen LogP contribution in [0.2, 0.25) is 0 Å². The van der Waals surface area contributed by atoms with Gasteiger partial charge in [-0.1, -0.05) is 27.6 Å². The van der Waals surface area contributed by atoms with E-state index in [-0.39, 0.29) is 5.91 Å². The summed E-state index contributed by atoms with van der Waals surface area (Å²) in [7, 11) is 0. The fourth-order valence-electron chi connectivity index (χ4n) is 2.19. The molecule has 1 aliphatic carbocycles. The highest BCUT2D eigenvalue weighted by Crippen LogP contribution is 2.20. The summed E-state index contributed by atoms with van der Waals surface area (Å²) in [6, 6.07) is 5.68. The molecule has 0 spiro atoms. The van der Waals surface area contributed by atoms with Crippen LogP contribution in [0.1, 0.15) is 41.6 Å². The molecule has 0 atom stereocenters. The summed E-state index contributed by atoms with van der Waals surface area (Å²) in [5, 5.41) is 2.98. The quantitative estimate of drug-likeness (QED) is 0.837. The number of nitrogens with one attached hydrogen (secondary N) is 1. The van der Waals surface area contributed by atoms with Crippen molar-refractivity contribution in [2.45, 2.75) is 32.6 Å². The zero-order chi connectivity index (χ0) is 13.0. The topological polar surface area (TPSA) is 29.1 Å². The van der Waals surface area contributed by atoms with E-state index in [9.17, 15) is 4.79 Å². The van der Waals surface area contributed by atoms with Crippen molar-refractivity contribution in [3.63, 3.8) is 0 Å². The van der Waals surface area contributed by atoms with Crippen LogP contribution < -0.4 is 5.32 Å². The first-order chi connectivity index (χ1) is 8.66. The number of hydrogen-bond donors (Lipinski definition) is 1. The Morgan fingerprint density at radius 2 is 2.28 bits per heavy atom. The summed E-state index contributed by atoms with van der Waals surface area (Å²) in [5.74, 6) is 0.0178. The number of allylic oxidation sites excluding steroid dienone is 1. The van der Waals surface area contributed by atoms with Crippen molar-refractivity contribution >= 4 is 21.8 Å². The van der Waals surface area contributed by atoms with Gasteiger partial charge in [-0.25, -0.2) is 0 Å². The average molecular weight is 308 g/mol. The lowest BCUT2D eigenvalue weighted by atomic mass is 10.1. The van der Waals surface area contributed by atoms with E-state index in [4.69, 9.17) is 0 Å². The van der Waals surface area contributed by atoms with Crippen LogP contribution in [0.5, 0.6) is 0 Å². The van der Waals surface area contributed by atoms with Gasteiger partial charge in [-0.05, 0) is 56.4 Å². The highest BCUT2D eigenvalue weighted by atomic mass is 79.9. The van der Waals surface area contributed by atoms with Gasteiger partial charge in [-0.15, -0.1) is 0 Å². The van der Waals surface area contributed by atoms with Crippen LogP contribution >= 0.6 is 15.9 Å². The number of carbonyl (C=O) groups excluding carboxylic acids is 1. The maximum Gasteiger partial charge on any atom is 0.251 e. The third-order valence-electron chi connectivity index (χ3n) is 3.29. The summed E-state index contributed by atoms with van der Waals surface area (Å²) >= 11 is 3.44. The lowest BCUT2D eigenvalue weighted by molar-refractivity contribution is 0.0954. The number of hydrogen-bond acceptors (Lipinski definition) is 1. The molecule has 1 aromatic carbocycles. The standard InChI is InChI=1S/C15H18BrNO/c1-11-10-13(6-7-14(11)16)15(18)17-9-8-12-4-2-3-5-12/h4,6-7,10H,2-3,5,8-9H2,1H3,(H,17,18). The van der Waals surface area contributed by atoms with E-state index in [0.29, 0.717) is 0 Å². The molecule has 0 aliphatic heterocycles. The molecule has 1 aromatic rings. The molecule has 96 valence electrons. The van der Waals surface area contributed by atoms with Gasteiger partial charge in [0.1, 0.15) is 0 Å². The van der Waals surface area contributed by atoms with Gasteiger partial charge in [0.25, 0.3) is 5.91 Å². The molecule has 1 N–H and O–H groups in total. The molecule has 0 saturated heterocycles. The van der Waals surface area contributed by atoms with Crippen molar-refractivity contribution < 1.29 is 4.79 Å². The summed E-state index contributed by atoms with van der Waals surface area (Å²) in [6.07, 6.45) is 6.97. The smallest absolute Gasteiger partial charge is 0.251 e. The van der Waals surface area contributed by atoms with Crippen LogP contribution in [0.3, 0.4) is 0 Å². The van der Waals surface area contributed by atoms with Crippen LogP contribution in [0.25, 0.3) is 0 Å². The second kappa shape index (κ2) is 6.19. The predicted octanol–water partition coefficient (Wildman–Crippen LogP) is 3.99. The Balaban J connectivity index is 1.85. The van der Waals surface area contributed by atoms with E-state index in [1.54, 1.807) is 0 Å². The number of benzene rings is 1. The molecule has 1 aliphatic rings. The van der Waals surface area contributed by atoms with E-state index in [2.05, 4.69) is 27.3 Å². The molecular weight excluding hydrogens is 290 g/mol. The van der Waals surface area contributed by atoms with Crippen LogP contribution in [0.4, 0.5) is 0 Å². The number of carbonyl (C=O) groups is 1. The van der Waals surface area contributed by atoms with E-state index in [1.165, 1.54) is 24.8 Å². The Morgan fingerprint density at radius 1 is 1.44 bits per heavy atom. The average Bonchev–Trinajstić information content (AvgIpc) is 2.85. The number of halogens is 1. The van der Waals surface area contributed by atoms with Crippen LogP contribution in [0.15, 0.2) is 34.3 Å². The monoisotopic (exact) mass is 307 g/mol. The first-order valence-corrected chi connectivity index (χ1v) is 7.18. The van der Waals surface area contributed by atoms with E-state index < -0.39 is 0 Å². The molecular formula is C15H18BrNO. The van der Waals surface area contributed by atoms with Crippen LogP contribution in [-0.4, -0.2) is 12.5 Å². The summed E-state index contributed by atoms with van der Waals surface area (Å²) in [5.41, 5.74) is 3.31. The largest absolute Gasteiger partial charge is 0.352 e. The van der Waals surface area contributed by atoms with Gasteiger partial charge in [-0.3, -0.25) is 4.79 Å². The summed E-state index contributed by atoms with van der Waals surface area (Å²) in [4.78, 5) is 11.9. The van der Waals surface area contributed by atoms with Crippen molar-refractivity contribution in [1.29, 1.82) is 0 Å². The summed E-state index contributed by atoms with van der Waals surface area (Å²) in [6.45, 7) is 2.73. The zero-order valence-corrected chi connectivity index (χ0v) is 12.2. The minimum atomic E-state index is 0.0178. The third-order valence-corrected chi connectivity index (χ3v) is 4.18. The lowest BCUT2D eigenvalue weighted by Gasteiger charge is -2.07. The highest BCUT2D eigenvalue weighted by Gasteiger charge is 2.08. The van der Waals surface area contributed by atoms with Gasteiger partial charge in [-0.2, -0.15) is 0 Å². The fraction of sp³-hybridized carbons (Fsp3) is 0.400.